The Morgan fingerprint density at radius 2 is 1.95 bits per heavy atom. The Morgan fingerprint density at radius 3 is 2.42 bits per heavy atom. The van der Waals surface area contributed by atoms with Crippen molar-refractivity contribution in [3.63, 3.8) is 0 Å². The predicted molar refractivity (Wildman–Crippen MR) is 74.2 cm³/mol. The number of benzene rings is 1. The molecule has 1 rings (SSSR count). The molecule has 0 amide bonds. The van der Waals surface area contributed by atoms with Crippen LogP contribution in [0.4, 0.5) is 0 Å². The second-order valence-corrected chi connectivity index (χ2v) is 4.41. The Kier molecular flexibility index (Phi) is 6.09. The number of ether oxygens (including phenoxy) is 2. The lowest BCUT2D eigenvalue weighted by Gasteiger charge is -2.17. The van der Waals surface area contributed by atoms with Gasteiger partial charge < -0.3 is 14.6 Å². The van der Waals surface area contributed by atoms with Crippen LogP contribution in [0.2, 0.25) is 0 Å². The van der Waals surface area contributed by atoms with Crippen molar-refractivity contribution < 1.29 is 19.4 Å². The van der Waals surface area contributed by atoms with Crippen LogP contribution in [0.15, 0.2) is 30.3 Å². The van der Waals surface area contributed by atoms with E-state index in [9.17, 15) is 4.79 Å². The van der Waals surface area contributed by atoms with Crippen molar-refractivity contribution in [1.29, 1.82) is 0 Å². The molecule has 0 heterocycles. The highest BCUT2D eigenvalue weighted by molar-refractivity contribution is 5.67. The zero-order valence-corrected chi connectivity index (χ0v) is 11.5. The Bertz CT molecular complexity index is 422. The molecule has 0 aromatic heterocycles. The Labute approximate surface area is 113 Å². The summed E-state index contributed by atoms with van der Waals surface area (Å²) in [4.78, 5) is 10.7. The summed E-state index contributed by atoms with van der Waals surface area (Å²) in [5.74, 6) is -0.0796. The number of aliphatic carboxylic acids is 1. The van der Waals surface area contributed by atoms with Crippen molar-refractivity contribution >= 4 is 12.0 Å². The maximum Gasteiger partial charge on any atom is 0.303 e. The molecule has 1 aromatic carbocycles. The topological polar surface area (TPSA) is 55.8 Å². The lowest BCUT2D eigenvalue weighted by Crippen LogP contribution is -2.20. The summed E-state index contributed by atoms with van der Waals surface area (Å²) in [5, 5.41) is 8.78. The van der Waals surface area contributed by atoms with E-state index in [0.717, 1.165) is 11.3 Å². The Morgan fingerprint density at radius 1 is 1.32 bits per heavy atom. The van der Waals surface area contributed by atoms with E-state index in [1.54, 1.807) is 14.2 Å². The summed E-state index contributed by atoms with van der Waals surface area (Å²) in [6.07, 6.45) is 3.69. The summed E-state index contributed by atoms with van der Waals surface area (Å²) in [7, 11) is 3.21. The molecule has 0 bridgehead atoms. The van der Waals surface area contributed by atoms with Gasteiger partial charge in [-0.2, -0.15) is 0 Å². The third-order valence-electron chi connectivity index (χ3n) is 2.92. The fraction of sp³-hybridized carbons (Fsp3) is 0.400. The molecule has 0 spiro atoms. The lowest BCUT2D eigenvalue weighted by molar-refractivity contribution is -0.138. The molecule has 0 saturated heterocycles. The van der Waals surface area contributed by atoms with Crippen molar-refractivity contribution in [2.45, 2.75) is 19.4 Å². The molecule has 0 radical (unpaired) electrons. The predicted octanol–water partition coefficient (Wildman–Crippen LogP) is 2.83. The minimum atomic E-state index is -0.813. The number of carbonyl (C=O) groups is 1. The van der Waals surface area contributed by atoms with E-state index in [1.807, 2.05) is 43.3 Å². The largest absolute Gasteiger partial charge is 0.497 e. The van der Waals surface area contributed by atoms with Gasteiger partial charge in [0.1, 0.15) is 5.75 Å². The number of hydrogen-bond donors (Lipinski definition) is 1. The fourth-order valence-electron chi connectivity index (χ4n) is 1.81. The molecule has 1 N–H and O–H groups in total. The zero-order chi connectivity index (χ0) is 14.3. The van der Waals surface area contributed by atoms with Crippen LogP contribution in [0.3, 0.4) is 0 Å². The van der Waals surface area contributed by atoms with Crippen LogP contribution in [0, 0.1) is 5.92 Å². The molecule has 2 atom stereocenters. The number of hydrogen-bond acceptors (Lipinski definition) is 3. The minimum Gasteiger partial charge on any atom is -0.497 e. The molecule has 1 aromatic rings. The van der Waals surface area contributed by atoms with Crippen molar-refractivity contribution in [3.8, 4) is 5.75 Å². The summed E-state index contributed by atoms with van der Waals surface area (Å²) in [5.41, 5.74) is 1.02. The minimum absolute atomic E-state index is 0.0722. The van der Waals surface area contributed by atoms with Crippen LogP contribution >= 0.6 is 0 Å². The zero-order valence-electron chi connectivity index (χ0n) is 11.5. The summed E-state index contributed by atoms with van der Waals surface area (Å²) in [6.45, 7) is 1.86. The molecule has 4 heteroatoms. The molecular weight excluding hydrogens is 244 g/mol. The first-order valence-corrected chi connectivity index (χ1v) is 6.13. The summed E-state index contributed by atoms with van der Waals surface area (Å²) in [6, 6.07) is 7.62. The van der Waals surface area contributed by atoms with E-state index in [-0.39, 0.29) is 18.4 Å². The highest BCUT2D eigenvalue weighted by Gasteiger charge is 2.16. The normalized spacial score (nSPS) is 14.3. The summed E-state index contributed by atoms with van der Waals surface area (Å²) < 4.78 is 10.4. The Balaban J connectivity index is 2.67. The monoisotopic (exact) mass is 264 g/mol. The van der Waals surface area contributed by atoms with E-state index in [2.05, 4.69) is 0 Å². The van der Waals surface area contributed by atoms with E-state index >= 15 is 0 Å². The van der Waals surface area contributed by atoms with Gasteiger partial charge in [-0.25, -0.2) is 0 Å². The van der Waals surface area contributed by atoms with Gasteiger partial charge >= 0.3 is 5.97 Å². The SMILES string of the molecule is COc1ccc(/C=C/[C@@H](OC)[C@H](C)CC(=O)O)cc1. The number of rotatable bonds is 7. The molecule has 19 heavy (non-hydrogen) atoms. The molecule has 4 nitrogen and oxygen atoms in total. The smallest absolute Gasteiger partial charge is 0.303 e. The molecule has 0 aliphatic carbocycles. The maximum absolute atomic E-state index is 10.7. The Hall–Kier alpha value is -1.81. The van der Waals surface area contributed by atoms with Gasteiger partial charge in [0.05, 0.1) is 19.6 Å². The first kappa shape index (κ1) is 15.2. The van der Waals surface area contributed by atoms with E-state index in [0.29, 0.717) is 0 Å². The average Bonchev–Trinajstić information content (AvgIpc) is 2.39. The summed E-state index contributed by atoms with van der Waals surface area (Å²) >= 11 is 0. The number of carboxylic acid groups (broad SMARTS) is 1. The molecule has 0 unspecified atom stereocenters. The van der Waals surface area contributed by atoms with Crippen molar-refractivity contribution in [2.24, 2.45) is 5.92 Å². The van der Waals surface area contributed by atoms with Crippen LogP contribution in [0.25, 0.3) is 6.08 Å². The standard InChI is InChI=1S/C15H20O4/c1-11(10-15(16)17)14(19-3)9-6-12-4-7-13(18-2)8-5-12/h4-9,11,14H,10H2,1-3H3,(H,16,17)/b9-6+/t11-,14-/m1/s1. The van der Waals surface area contributed by atoms with Gasteiger partial charge in [-0.15, -0.1) is 0 Å². The van der Waals surface area contributed by atoms with Crippen LogP contribution in [0.5, 0.6) is 5.75 Å². The molecule has 0 fully saturated rings. The molecular formula is C15H20O4. The highest BCUT2D eigenvalue weighted by atomic mass is 16.5. The van der Waals surface area contributed by atoms with Crippen LogP contribution < -0.4 is 4.74 Å². The van der Waals surface area contributed by atoms with Crippen LogP contribution in [0.1, 0.15) is 18.9 Å². The van der Waals surface area contributed by atoms with Gasteiger partial charge in [-0.1, -0.05) is 31.2 Å². The third kappa shape index (κ3) is 5.14. The van der Waals surface area contributed by atoms with Gasteiger partial charge in [0, 0.05) is 7.11 Å². The molecule has 0 aliphatic rings. The van der Waals surface area contributed by atoms with Crippen molar-refractivity contribution in [3.05, 3.63) is 35.9 Å². The quantitative estimate of drug-likeness (QED) is 0.822. The number of methoxy groups -OCH3 is 2. The van der Waals surface area contributed by atoms with Gasteiger partial charge in [-0.05, 0) is 23.6 Å². The molecule has 0 saturated carbocycles. The van der Waals surface area contributed by atoms with Gasteiger partial charge in [0.15, 0.2) is 0 Å². The van der Waals surface area contributed by atoms with E-state index in [1.165, 1.54) is 0 Å². The van der Waals surface area contributed by atoms with E-state index < -0.39 is 5.97 Å². The van der Waals surface area contributed by atoms with E-state index in [4.69, 9.17) is 14.6 Å². The second kappa shape index (κ2) is 7.59. The number of carboxylic acids is 1. The first-order chi connectivity index (χ1) is 9.06. The van der Waals surface area contributed by atoms with Gasteiger partial charge in [-0.3, -0.25) is 4.79 Å². The maximum atomic E-state index is 10.7. The van der Waals surface area contributed by atoms with Gasteiger partial charge in [0.2, 0.25) is 0 Å². The van der Waals surface area contributed by atoms with Crippen molar-refractivity contribution in [1.82, 2.24) is 0 Å². The first-order valence-electron chi connectivity index (χ1n) is 6.13. The van der Waals surface area contributed by atoms with Crippen LogP contribution in [-0.2, 0) is 9.53 Å². The van der Waals surface area contributed by atoms with Gasteiger partial charge in [0.25, 0.3) is 0 Å². The lowest BCUT2D eigenvalue weighted by atomic mass is 9.99. The molecule has 0 aliphatic heterocycles. The van der Waals surface area contributed by atoms with Crippen LogP contribution in [-0.4, -0.2) is 31.4 Å². The highest BCUT2D eigenvalue weighted by Crippen LogP contribution is 2.16. The fourth-order valence-corrected chi connectivity index (χ4v) is 1.81. The average molecular weight is 264 g/mol. The van der Waals surface area contributed by atoms with Crippen molar-refractivity contribution in [2.75, 3.05) is 14.2 Å². The second-order valence-electron chi connectivity index (χ2n) is 4.41. The third-order valence-corrected chi connectivity index (χ3v) is 2.92. The molecule has 104 valence electrons.